The molecule has 5 heteroatoms. The lowest BCUT2D eigenvalue weighted by atomic mass is 10.1. The van der Waals surface area contributed by atoms with Gasteiger partial charge in [0.2, 0.25) is 0 Å². The van der Waals surface area contributed by atoms with Crippen LogP contribution in [0.1, 0.15) is 12.5 Å². The summed E-state index contributed by atoms with van der Waals surface area (Å²) >= 11 is 0. The van der Waals surface area contributed by atoms with Gasteiger partial charge in [-0.05, 0) is 30.7 Å². The Hall–Kier alpha value is -2.17. The zero-order valence-electron chi connectivity index (χ0n) is 7.93. The third kappa shape index (κ3) is 2.40. The molecule has 0 saturated heterocycles. The van der Waals surface area contributed by atoms with Crippen LogP contribution in [0.2, 0.25) is 0 Å². The number of aliphatic carboxylic acids is 1. The molecule has 0 fully saturated rings. The first-order valence-corrected chi connectivity index (χ1v) is 4.08. The van der Waals surface area contributed by atoms with E-state index in [9.17, 15) is 4.79 Å². The van der Waals surface area contributed by atoms with E-state index in [2.05, 4.69) is 0 Å². The number of rotatable bonds is 2. The van der Waals surface area contributed by atoms with Gasteiger partial charge in [0, 0.05) is 5.57 Å². The number of hydrogen-bond donors (Lipinski definition) is 4. The van der Waals surface area contributed by atoms with Gasteiger partial charge in [-0.15, -0.1) is 0 Å². The van der Waals surface area contributed by atoms with Crippen molar-refractivity contribution in [1.29, 1.82) is 0 Å². The molecule has 0 saturated carbocycles. The Kier molecular flexibility index (Phi) is 2.85. The van der Waals surface area contributed by atoms with Crippen LogP contribution in [0.5, 0.6) is 17.2 Å². The van der Waals surface area contributed by atoms with Crippen LogP contribution in [0.25, 0.3) is 6.08 Å². The fraction of sp³-hybridized carbons (Fsp3) is 0.100. The van der Waals surface area contributed by atoms with Gasteiger partial charge >= 0.3 is 5.97 Å². The van der Waals surface area contributed by atoms with E-state index in [1.807, 2.05) is 0 Å². The van der Waals surface area contributed by atoms with Crippen molar-refractivity contribution in [3.8, 4) is 17.2 Å². The Morgan fingerprint density at radius 3 is 2.07 bits per heavy atom. The predicted octanol–water partition coefficient (Wildman–Crippen LogP) is 1.29. The highest BCUT2D eigenvalue weighted by Crippen LogP contribution is 2.35. The molecule has 0 aliphatic carbocycles. The molecule has 0 atom stereocenters. The Morgan fingerprint density at radius 2 is 1.67 bits per heavy atom. The molecular formula is C10H10O5. The van der Waals surface area contributed by atoms with Gasteiger partial charge < -0.3 is 20.4 Å². The summed E-state index contributed by atoms with van der Waals surface area (Å²) in [5, 5.41) is 35.9. The number of phenolic OH excluding ortho intramolecular Hbond substituents is 3. The SMILES string of the molecule is C/C(=C\c1cc(O)c(O)c(O)c1)C(=O)O. The van der Waals surface area contributed by atoms with Crippen LogP contribution in [0, 0.1) is 0 Å². The molecule has 0 spiro atoms. The first-order chi connectivity index (χ1) is 6.91. The monoisotopic (exact) mass is 210 g/mol. The number of carbonyl (C=O) groups is 1. The molecule has 0 bridgehead atoms. The summed E-state index contributed by atoms with van der Waals surface area (Å²) in [6, 6.07) is 2.31. The lowest BCUT2D eigenvalue weighted by Gasteiger charge is -2.02. The molecule has 15 heavy (non-hydrogen) atoms. The van der Waals surface area contributed by atoms with Crippen LogP contribution < -0.4 is 0 Å². The van der Waals surface area contributed by atoms with E-state index in [1.54, 1.807) is 0 Å². The largest absolute Gasteiger partial charge is 0.504 e. The van der Waals surface area contributed by atoms with Crippen molar-refractivity contribution >= 4 is 12.0 Å². The second kappa shape index (κ2) is 3.91. The van der Waals surface area contributed by atoms with Crippen LogP contribution >= 0.6 is 0 Å². The smallest absolute Gasteiger partial charge is 0.331 e. The molecule has 4 N–H and O–H groups in total. The zero-order valence-corrected chi connectivity index (χ0v) is 7.93. The molecule has 0 amide bonds. The molecule has 0 unspecified atom stereocenters. The topological polar surface area (TPSA) is 98.0 Å². The number of hydrogen-bond acceptors (Lipinski definition) is 4. The van der Waals surface area contributed by atoms with Crippen LogP contribution in [0.4, 0.5) is 0 Å². The van der Waals surface area contributed by atoms with E-state index in [1.165, 1.54) is 13.0 Å². The summed E-state index contributed by atoms with van der Waals surface area (Å²) < 4.78 is 0. The Bertz CT molecular complexity index is 410. The highest BCUT2D eigenvalue weighted by molar-refractivity contribution is 5.91. The Balaban J connectivity index is 3.18. The highest BCUT2D eigenvalue weighted by atomic mass is 16.4. The number of benzene rings is 1. The fourth-order valence-electron chi connectivity index (χ4n) is 1.02. The molecule has 5 nitrogen and oxygen atoms in total. The van der Waals surface area contributed by atoms with Crippen molar-refractivity contribution in [3.63, 3.8) is 0 Å². The summed E-state index contributed by atoms with van der Waals surface area (Å²) in [5.74, 6) is -2.72. The second-order valence-electron chi connectivity index (χ2n) is 3.04. The Morgan fingerprint density at radius 1 is 1.20 bits per heavy atom. The van der Waals surface area contributed by atoms with Gasteiger partial charge in [0.1, 0.15) is 0 Å². The lowest BCUT2D eigenvalue weighted by Crippen LogP contribution is -1.95. The minimum absolute atomic E-state index is 0.0551. The molecule has 0 heterocycles. The summed E-state index contributed by atoms with van der Waals surface area (Å²) in [6.45, 7) is 1.38. The standard InChI is InChI=1S/C10H10O5/c1-5(10(14)15)2-6-3-7(11)9(13)8(12)4-6/h2-4,11-13H,1H3,(H,14,15)/b5-2+. The second-order valence-corrected chi connectivity index (χ2v) is 3.04. The van der Waals surface area contributed by atoms with Crippen molar-refractivity contribution in [2.24, 2.45) is 0 Å². The fourth-order valence-corrected chi connectivity index (χ4v) is 1.02. The maximum absolute atomic E-state index is 10.5. The number of carboxylic acid groups (broad SMARTS) is 1. The van der Waals surface area contributed by atoms with Gasteiger partial charge in [-0.25, -0.2) is 4.79 Å². The van der Waals surface area contributed by atoms with Gasteiger partial charge in [-0.3, -0.25) is 0 Å². The van der Waals surface area contributed by atoms with Gasteiger partial charge in [-0.2, -0.15) is 0 Å². The molecule has 0 radical (unpaired) electrons. The van der Waals surface area contributed by atoms with E-state index in [0.717, 1.165) is 12.1 Å². The molecule has 1 rings (SSSR count). The van der Waals surface area contributed by atoms with E-state index in [0.29, 0.717) is 5.56 Å². The predicted molar refractivity (Wildman–Crippen MR) is 52.7 cm³/mol. The summed E-state index contributed by atoms with van der Waals surface area (Å²) in [7, 11) is 0. The van der Waals surface area contributed by atoms with Gasteiger partial charge in [0.05, 0.1) is 0 Å². The van der Waals surface area contributed by atoms with E-state index in [4.69, 9.17) is 20.4 Å². The van der Waals surface area contributed by atoms with Crippen molar-refractivity contribution in [2.45, 2.75) is 6.92 Å². The minimum atomic E-state index is -1.10. The quantitative estimate of drug-likeness (QED) is 0.435. The number of carboxylic acids is 1. The molecule has 1 aromatic rings. The number of aromatic hydroxyl groups is 3. The van der Waals surface area contributed by atoms with Gasteiger partial charge in [0.25, 0.3) is 0 Å². The maximum Gasteiger partial charge on any atom is 0.331 e. The van der Waals surface area contributed by atoms with Crippen molar-refractivity contribution in [3.05, 3.63) is 23.3 Å². The third-order valence-electron chi connectivity index (χ3n) is 1.81. The number of phenols is 3. The van der Waals surface area contributed by atoms with E-state index in [-0.39, 0.29) is 5.57 Å². The van der Waals surface area contributed by atoms with Crippen molar-refractivity contribution in [1.82, 2.24) is 0 Å². The summed E-state index contributed by atoms with van der Waals surface area (Å²) in [5.41, 5.74) is 0.349. The first kappa shape index (κ1) is 10.9. The van der Waals surface area contributed by atoms with Gasteiger partial charge in [0.15, 0.2) is 17.2 Å². The summed E-state index contributed by atoms with van der Waals surface area (Å²) in [4.78, 5) is 10.5. The zero-order chi connectivity index (χ0) is 11.6. The van der Waals surface area contributed by atoms with Crippen LogP contribution in [0.3, 0.4) is 0 Å². The molecule has 0 aromatic heterocycles. The van der Waals surface area contributed by atoms with E-state index >= 15 is 0 Å². The average Bonchev–Trinajstić information content (AvgIpc) is 2.13. The highest BCUT2D eigenvalue weighted by Gasteiger charge is 2.08. The van der Waals surface area contributed by atoms with Crippen molar-refractivity contribution in [2.75, 3.05) is 0 Å². The van der Waals surface area contributed by atoms with Crippen LogP contribution in [0.15, 0.2) is 17.7 Å². The normalized spacial score (nSPS) is 11.4. The molecular weight excluding hydrogens is 200 g/mol. The van der Waals surface area contributed by atoms with E-state index < -0.39 is 23.2 Å². The van der Waals surface area contributed by atoms with Crippen LogP contribution in [-0.2, 0) is 4.79 Å². The van der Waals surface area contributed by atoms with Crippen LogP contribution in [-0.4, -0.2) is 26.4 Å². The minimum Gasteiger partial charge on any atom is -0.504 e. The third-order valence-corrected chi connectivity index (χ3v) is 1.81. The maximum atomic E-state index is 10.5. The van der Waals surface area contributed by atoms with Crippen molar-refractivity contribution < 1.29 is 25.2 Å². The Labute approximate surface area is 85.5 Å². The average molecular weight is 210 g/mol. The molecule has 0 aliphatic rings. The lowest BCUT2D eigenvalue weighted by molar-refractivity contribution is -0.132. The molecule has 1 aromatic carbocycles. The van der Waals surface area contributed by atoms with Gasteiger partial charge in [-0.1, -0.05) is 0 Å². The first-order valence-electron chi connectivity index (χ1n) is 4.08. The summed E-state index contributed by atoms with van der Waals surface area (Å²) in [6.07, 6.45) is 1.27. The molecule has 80 valence electrons. The molecule has 0 aliphatic heterocycles.